The Balaban J connectivity index is 1.97. The summed E-state index contributed by atoms with van der Waals surface area (Å²) in [5.41, 5.74) is 1.74. The first-order valence-corrected chi connectivity index (χ1v) is 6.53. The Morgan fingerprint density at radius 1 is 1.20 bits per heavy atom. The predicted octanol–water partition coefficient (Wildman–Crippen LogP) is 1.65. The lowest BCUT2D eigenvalue weighted by molar-refractivity contribution is -0.115. The summed E-state index contributed by atoms with van der Waals surface area (Å²) in [5, 5.41) is 5.93. The van der Waals surface area contributed by atoms with Gasteiger partial charge in [-0.1, -0.05) is 12.1 Å². The van der Waals surface area contributed by atoms with Crippen molar-refractivity contribution in [3.8, 4) is 5.69 Å². The van der Waals surface area contributed by atoms with Crippen LogP contribution in [0.1, 0.15) is 0 Å². The summed E-state index contributed by atoms with van der Waals surface area (Å²) in [5.74, 6) is -0.0688. The number of rotatable bonds is 7. The number of nitrogens with zero attached hydrogens (tertiary/aromatic N) is 1. The smallest absolute Gasteiger partial charge is 0.238 e. The molecule has 0 aliphatic rings. The van der Waals surface area contributed by atoms with E-state index in [0.29, 0.717) is 13.2 Å². The van der Waals surface area contributed by atoms with E-state index in [1.54, 1.807) is 7.11 Å². The second-order valence-corrected chi connectivity index (χ2v) is 4.33. The zero-order valence-corrected chi connectivity index (χ0v) is 11.5. The molecule has 2 aromatic rings. The molecule has 5 heteroatoms. The molecule has 0 saturated heterocycles. The lowest BCUT2D eigenvalue weighted by atomic mass is 10.2. The van der Waals surface area contributed by atoms with E-state index in [1.807, 2.05) is 53.4 Å². The van der Waals surface area contributed by atoms with Crippen LogP contribution in [-0.2, 0) is 9.53 Å². The zero-order chi connectivity index (χ0) is 14.2. The molecular weight excluding hydrogens is 254 g/mol. The molecule has 5 nitrogen and oxygen atoms in total. The fourth-order valence-corrected chi connectivity index (χ4v) is 1.87. The van der Waals surface area contributed by atoms with E-state index < -0.39 is 0 Å². The highest BCUT2D eigenvalue weighted by Gasteiger charge is 2.06. The number of ether oxygens (including phenoxy) is 1. The summed E-state index contributed by atoms with van der Waals surface area (Å²) >= 11 is 0. The van der Waals surface area contributed by atoms with Gasteiger partial charge in [0.2, 0.25) is 5.91 Å². The van der Waals surface area contributed by atoms with Crippen LogP contribution >= 0.6 is 0 Å². The van der Waals surface area contributed by atoms with Crippen LogP contribution in [0.5, 0.6) is 0 Å². The molecule has 2 rings (SSSR count). The molecule has 0 fully saturated rings. The quantitative estimate of drug-likeness (QED) is 0.754. The molecule has 2 N–H and O–H groups in total. The number of hydrogen-bond donors (Lipinski definition) is 2. The molecule has 0 saturated carbocycles. The number of para-hydroxylation sites is 2. The summed E-state index contributed by atoms with van der Waals surface area (Å²) in [7, 11) is 1.63. The van der Waals surface area contributed by atoms with Gasteiger partial charge in [0.15, 0.2) is 0 Å². The van der Waals surface area contributed by atoms with E-state index in [1.165, 1.54) is 0 Å². The van der Waals surface area contributed by atoms with Crippen molar-refractivity contribution >= 4 is 11.6 Å². The molecule has 0 unspecified atom stereocenters. The average Bonchev–Trinajstić information content (AvgIpc) is 2.98. The zero-order valence-electron chi connectivity index (χ0n) is 11.5. The molecule has 1 heterocycles. The first kappa shape index (κ1) is 14.3. The molecule has 20 heavy (non-hydrogen) atoms. The van der Waals surface area contributed by atoms with Gasteiger partial charge in [0.05, 0.1) is 24.5 Å². The first-order valence-electron chi connectivity index (χ1n) is 6.53. The second kappa shape index (κ2) is 7.47. The molecule has 0 bridgehead atoms. The van der Waals surface area contributed by atoms with E-state index in [-0.39, 0.29) is 12.5 Å². The summed E-state index contributed by atoms with van der Waals surface area (Å²) in [4.78, 5) is 11.9. The van der Waals surface area contributed by atoms with Crippen LogP contribution in [0.4, 0.5) is 5.69 Å². The Kier molecular flexibility index (Phi) is 5.34. The topological polar surface area (TPSA) is 55.3 Å². The van der Waals surface area contributed by atoms with Crippen LogP contribution in [0.3, 0.4) is 0 Å². The van der Waals surface area contributed by atoms with Crippen LogP contribution < -0.4 is 10.6 Å². The molecule has 0 atom stereocenters. The molecule has 0 aliphatic heterocycles. The number of methoxy groups -OCH3 is 1. The minimum absolute atomic E-state index is 0.0688. The highest BCUT2D eigenvalue weighted by Crippen LogP contribution is 2.19. The van der Waals surface area contributed by atoms with Gasteiger partial charge in [0.1, 0.15) is 0 Å². The number of benzene rings is 1. The second-order valence-electron chi connectivity index (χ2n) is 4.33. The monoisotopic (exact) mass is 273 g/mol. The molecule has 106 valence electrons. The summed E-state index contributed by atoms with van der Waals surface area (Å²) < 4.78 is 6.88. The van der Waals surface area contributed by atoms with Crippen LogP contribution in [0.15, 0.2) is 48.8 Å². The van der Waals surface area contributed by atoms with E-state index in [2.05, 4.69) is 10.6 Å². The highest BCUT2D eigenvalue weighted by atomic mass is 16.5. The van der Waals surface area contributed by atoms with Crippen molar-refractivity contribution in [2.24, 2.45) is 0 Å². The maximum absolute atomic E-state index is 11.9. The summed E-state index contributed by atoms with van der Waals surface area (Å²) in [6, 6.07) is 11.6. The van der Waals surface area contributed by atoms with Crippen LogP contribution in [0.25, 0.3) is 5.69 Å². The van der Waals surface area contributed by atoms with Crippen LogP contribution in [0, 0.1) is 0 Å². The predicted molar refractivity (Wildman–Crippen MR) is 79.1 cm³/mol. The van der Waals surface area contributed by atoms with Gasteiger partial charge < -0.3 is 19.9 Å². The number of hydrogen-bond acceptors (Lipinski definition) is 3. The fourth-order valence-electron chi connectivity index (χ4n) is 1.87. The Labute approximate surface area is 118 Å². The van der Waals surface area contributed by atoms with Crippen molar-refractivity contribution in [1.82, 2.24) is 9.88 Å². The third-order valence-corrected chi connectivity index (χ3v) is 2.83. The Morgan fingerprint density at radius 3 is 2.70 bits per heavy atom. The van der Waals surface area contributed by atoms with Gasteiger partial charge in [-0.25, -0.2) is 0 Å². The van der Waals surface area contributed by atoms with Crippen LogP contribution in [0.2, 0.25) is 0 Å². The van der Waals surface area contributed by atoms with Gasteiger partial charge in [0.25, 0.3) is 0 Å². The minimum atomic E-state index is -0.0688. The van der Waals surface area contributed by atoms with Gasteiger partial charge in [0, 0.05) is 26.0 Å². The van der Waals surface area contributed by atoms with E-state index in [0.717, 1.165) is 11.4 Å². The van der Waals surface area contributed by atoms with Gasteiger partial charge in [-0.05, 0) is 24.3 Å². The van der Waals surface area contributed by atoms with Crippen LogP contribution in [-0.4, -0.2) is 37.3 Å². The van der Waals surface area contributed by atoms with Gasteiger partial charge in [-0.3, -0.25) is 4.79 Å². The normalized spacial score (nSPS) is 10.4. The number of amides is 1. The Bertz CT molecular complexity index is 538. The molecule has 0 spiro atoms. The number of aromatic nitrogens is 1. The molecular formula is C15H19N3O2. The number of carbonyl (C=O) groups excluding carboxylic acids is 1. The lowest BCUT2D eigenvalue weighted by Crippen LogP contribution is -2.30. The van der Waals surface area contributed by atoms with Crippen molar-refractivity contribution in [3.63, 3.8) is 0 Å². The summed E-state index contributed by atoms with van der Waals surface area (Å²) in [6.45, 7) is 1.51. The number of anilines is 1. The third kappa shape index (κ3) is 3.94. The SMILES string of the molecule is COCCNCC(=O)Nc1ccccc1-n1cccc1. The fraction of sp³-hybridized carbons (Fsp3) is 0.267. The number of carbonyl (C=O) groups is 1. The first-order chi connectivity index (χ1) is 9.81. The van der Waals surface area contributed by atoms with Gasteiger partial charge in [-0.2, -0.15) is 0 Å². The van der Waals surface area contributed by atoms with E-state index >= 15 is 0 Å². The van der Waals surface area contributed by atoms with Crippen molar-refractivity contribution in [3.05, 3.63) is 48.8 Å². The lowest BCUT2D eigenvalue weighted by Gasteiger charge is -2.12. The van der Waals surface area contributed by atoms with Crippen molar-refractivity contribution < 1.29 is 9.53 Å². The largest absolute Gasteiger partial charge is 0.383 e. The average molecular weight is 273 g/mol. The third-order valence-electron chi connectivity index (χ3n) is 2.83. The molecule has 1 aromatic carbocycles. The highest BCUT2D eigenvalue weighted by molar-refractivity contribution is 5.94. The molecule has 1 aromatic heterocycles. The Hall–Kier alpha value is -2.11. The van der Waals surface area contributed by atoms with Crippen molar-refractivity contribution in [1.29, 1.82) is 0 Å². The van der Waals surface area contributed by atoms with Gasteiger partial charge in [-0.15, -0.1) is 0 Å². The maximum Gasteiger partial charge on any atom is 0.238 e. The van der Waals surface area contributed by atoms with Crippen molar-refractivity contribution in [2.45, 2.75) is 0 Å². The van der Waals surface area contributed by atoms with E-state index in [4.69, 9.17) is 4.74 Å². The van der Waals surface area contributed by atoms with Crippen molar-refractivity contribution in [2.75, 3.05) is 32.1 Å². The van der Waals surface area contributed by atoms with Gasteiger partial charge >= 0.3 is 0 Å². The Morgan fingerprint density at radius 2 is 1.95 bits per heavy atom. The van der Waals surface area contributed by atoms with E-state index in [9.17, 15) is 4.79 Å². The molecule has 1 amide bonds. The number of nitrogens with one attached hydrogen (secondary N) is 2. The summed E-state index contributed by atoms with van der Waals surface area (Å²) in [6.07, 6.45) is 3.89. The molecule has 0 aliphatic carbocycles. The minimum Gasteiger partial charge on any atom is -0.383 e. The maximum atomic E-state index is 11.9. The molecule has 0 radical (unpaired) electrons. The standard InChI is InChI=1S/C15H19N3O2/c1-20-11-8-16-12-15(19)17-13-6-2-3-7-14(13)18-9-4-5-10-18/h2-7,9-10,16H,8,11-12H2,1H3,(H,17,19).